The summed E-state index contributed by atoms with van der Waals surface area (Å²) < 4.78 is 1.08. The average Bonchev–Trinajstić information content (AvgIpc) is 2.69. The van der Waals surface area contributed by atoms with Gasteiger partial charge >= 0.3 is 0 Å². The molecule has 0 spiro atoms. The van der Waals surface area contributed by atoms with Gasteiger partial charge in [0.25, 0.3) is 0 Å². The lowest BCUT2D eigenvalue weighted by atomic mass is 10.2. The van der Waals surface area contributed by atoms with Crippen molar-refractivity contribution < 1.29 is 9.59 Å². The van der Waals surface area contributed by atoms with Crippen LogP contribution in [0.5, 0.6) is 0 Å². The third-order valence-corrected chi connectivity index (χ3v) is 3.45. The van der Waals surface area contributed by atoms with Crippen molar-refractivity contribution in [3.05, 3.63) is 35.9 Å². The molecule has 1 heterocycles. The van der Waals surface area contributed by atoms with E-state index >= 15 is 0 Å². The Bertz CT molecular complexity index is 291. The van der Waals surface area contributed by atoms with Crippen LogP contribution < -0.4 is 0 Å². The molecular weight excluding hydrogens is 186 g/mol. The van der Waals surface area contributed by atoms with Gasteiger partial charge in [0, 0.05) is 18.4 Å². The molecule has 1 fully saturated rings. The van der Waals surface area contributed by atoms with Crippen molar-refractivity contribution in [2.75, 3.05) is 26.2 Å². The first kappa shape index (κ1) is 10.7. The summed E-state index contributed by atoms with van der Waals surface area (Å²) in [6.07, 6.45) is 2.62. The van der Waals surface area contributed by atoms with Crippen molar-refractivity contribution >= 4 is 0 Å². The molecule has 1 saturated heterocycles. The van der Waals surface area contributed by atoms with Crippen LogP contribution in [0.1, 0.15) is 18.4 Å². The molecule has 2 rings (SSSR count). The first-order valence-corrected chi connectivity index (χ1v) is 5.85. The molecule has 82 valence electrons. The first-order chi connectivity index (χ1) is 7.35. The lowest BCUT2D eigenvalue weighted by molar-refractivity contribution is -0.929. The maximum atomic E-state index is 9.15. The minimum atomic E-state index is 0.312. The highest BCUT2D eigenvalue weighted by Crippen LogP contribution is 2.22. The Labute approximate surface area is 91.7 Å². The maximum absolute atomic E-state index is 9.15. The van der Waals surface area contributed by atoms with E-state index < -0.39 is 0 Å². The van der Waals surface area contributed by atoms with Crippen LogP contribution in [-0.2, 0) is 6.54 Å². The van der Waals surface area contributed by atoms with Gasteiger partial charge in [0.15, 0.2) is 0 Å². The number of hydrogen-bond donors (Lipinski definition) is 1. The predicted octanol–water partition coefficient (Wildman–Crippen LogP) is 1.79. The molecule has 1 aromatic carbocycles. The van der Waals surface area contributed by atoms with E-state index in [9.17, 15) is 0 Å². The second-order valence-electron chi connectivity index (χ2n) is 4.59. The Morgan fingerprint density at radius 1 is 1.07 bits per heavy atom. The Morgan fingerprint density at radius 3 is 2.33 bits per heavy atom. The van der Waals surface area contributed by atoms with Crippen LogP contribution >= 0.6 is 0 Å². The molecule has 0 amide bonds. The number of likely N-dealkylation sites (tertiary alicyclic amines) is 1. The van der Waals surface area contributed by atoms with E-state index in [-0.39, 0.29) is 0 Å². The van der Waals surface area contributed by atoms with Gasteiger partial charge in [0.05, 0.1) is 19.7 Å². The van der Waals surface area contributed by atoms with Crippen molar-refractivity contribution in [2.45, 2.75) is 19.4 Å². The van der Waals surface area contributed by atoms with E-state index in [1.807, 2.05) is 0 Å². The lowest BCUT2D eigenvalue weighted by Crippen LogP contribution is -2.46. The molecule has 2 heteroatoms. The van der Waals surface area contributed by atoms with Gasteiger partial charge < -0.3 is 9.59 Å². The quantitative estimate of drug-likeness (QED) is 0.745. The second kappa shape index (κ2) is 4.77. The number of hydrogen-bond acceptors (Lipinski definition) is 1. The van der Waals surface area contributed by atoms with Crippen molar-refractivity contribution in [1.29, 1.82) is 0 Å². The summed E-state index contributed by atoms with van der Waals surface area (Å²) in [5, 5.41) is 9.15. The van der Waals surface area contributed by atoms with Gasteiger partial charge in [-0.05, 0) is 0 Å². The van der Waals surface area contributed by atoms with Crippen molar-refractivity contribution in [3.63, 3.8) is 0 Å². The van der Waals surface area contributed by atoms with Crippen molar-refractivity contribution in [1.82, 2.24) is 0 Å². The number of aliphatic hydroxyl groups excluding tert-OH is 1. The van der Waals surface area contributed by atoms with Gasteiger partial charge in [0.2, 0.25) is 0 Å². The van der Waals surface area contributed by atoms with Gasteiger partial charge in [-0.1, -0.05) is 30.3 Å². The normalized spacial score (nSPS) is 19.3. The molecule has 1 N–H and O–H groups in total. The zero-order valence-corrected chi connectivity index (χ0v) is 9.23. The molecule has 0 bridgehead atoms. The van der Waals surface area contributed by atoms with Gasteiger partial charge in [-0.25, -0.2) is 0 Å². The van der Waals surface area contributed by atoms with E-state index in [1.165, 1.54) is 31.5 Å². The fourth-order valence-electron chi connectivity index (χ4n) is 2.65. The summed E-state index contributed by atoms with van der Waals surface area (Å²) >= 11 is 0. The third kappa shape index (κ3) is 2.58. The monoisotopic (exact) mass is 206 g/mol. The molecule has 0 unspecified atom stereocenters. The summed E-state index contributed by atoms with van der Waals surface area (Å²) in [4.78, 5) is 0. The summed E-state index contributed by atoms with van der Waals surface area (Å²) in [7, 11) is 0. The van der Waals surface area contributed by atoms with E-state index in [2.05, 4.69) is 30.3 Å². The fraction of sp³-hybridized carbons (Fsp3) is 0.538. The smallest absolute Gasteiger partial charge is 0.104 e. The Kier molecular flexibility index (Phi) is 3.39. The summed E-state index contributed by atoms with van der Waals surface area (Å²) in [5.74, 6) is 0. The van der Waals surface area contributed by atoms with Crippen molar-refractivity contribution in [2.24, 2.45) is 0 Å². The second-order valence-corrected chi connectivity index (χ2v) is 4.59. The Balaban J connectivity index is 2.07. The molecule has 1 aromatic rings. The molecule has 0 atom stereocenters. The largest absolute Gasteiger partial charge is 0.391 e. The number of aliphatic hydroxyl groups is 1. The van der Waals surface area contributed by atoms with Gasteiger partial charge in [0.1, 0.15) is 13.1 Å². The number of benzene rings is 1. The van der Waals surface area contributed by atoms with Crippen LogP contribution in [0.2, 0.25) is 0 Å². The van der Waals surface area contributed by atoms with Crippen molar-refractivity contribution in [3.8, 4) is 0 Å². The summed E-state index contributed by atoms with van der Waals surface area (Å²) in [5.41, 5.74) is 1.40. The van der Waals surface area contributed by atoms with Crippen LogP contribution in [0.3, 0.4) is 0 Å². The van der Waals surface area contributed by atoms with Crippen LogP contribution in [-0.4, -0.2) is 35.8 Å². The third-order valence-electron chi connectivity index (χ3n) is 3.45. The van der Waals surface area contributed by atoms with Crippen LogP contribution in [0.15, 0.2) is 30.3 Å². The summed E-state index contributed by atoms with van der Waals surface area (Å²) in [6.45, 7) is 4.77. The van der Waals surface area contributed by atoms with Gasteiger partial charge in [-0.3, -0.25) is 0 Å². The predicted molar refractivity (Wildman–Crippen MR) is 61.3 cm³/mol. The van der Waals surface area contributed by atoms with E-state index in [0.29, 0.717) is 6.61 Å². The minimum absolute atomic E-state index is 0.312. The highest BCUT2D eigenvalue weighted by atomic mass is 16.3. The molecule has 0 radical (unpaired) electrons. The molecule has 1 aliphatic heterocycles. The molecule has 15 heavy (non-hydrogen) atoms. The molecule has 1 aliphatic rings. The molecule has 2 nitrogen and oxygen atoms in total. The zero-order valence-electron chi connectivity index (χ0n) is 9.23. The van der Waals surface area contributed by atoms with Gasteiger partial charge in [-0.2, -0.15) is 0 Å². The zero-order chi connectivity index (χ0) is 10.6. The first-order valence-electron chi connectivity index (χ1n) is 5.85. The number of quaternary nitrogens is 1. The molecule has 0 aromatic heterocycles. The molecule has 0 aliphatic carbocycles. The number of rotatable bonds is 4. The average molecular weight is 206 g/mol. The SMILES string of the molecule is OCC[N+]1(Cc2ccccc2)CCCC1. The van der Waals surface area contributed by atoms with Crippen LogP contribution in [0, 0.1) is 0 Å². The minimum Gasteiger partial charge on any atom is -0.391 e. The van der Waals surface area contributed by atoms with Crippen LogP contribution in [0.25, 0.3) is 0 Å². The standard InChI is InChI=1S/C13H20NO/c15-11-10-14(8-4-5-9-14)12-13-6-2-1-3-7-13/h1-3,6-7,15H,4-5,8-12H2/q+1. The van der Waals surface area contributed by atoms with E-state index in [0.717, 1.165) is 17.6 Å². The van der Waals surface area contributed by atoms with Crippen LogP contribution in [0.4, 0.5) is 0 Å². The maximum Gasteiger partial charge on any atom is 0.104 e. The van der Waals surface area contributed by atoms with Gasteiger partial charge in [-0.15, -0.1) is 0 Å². The highest BCUT2D eigenvalue weighted by molar-refractivity contribution is 5.13. The Morgan fingerprint density at radius 2 is 1.73 bits per heavy atom. The topological polar surface area (TPSA) is 20.2 Å². The number of nitrogens with zero attached hydrogens (tertiary/aromatic N) is 1. The highest BCUT2D eigenvalue weighted by Gasteiger charge is 2.31. The lowest BCUT2D eigenvalue weighted by Gasteiger charge is -2.33. The molecule has 0 saturated carbocycles. The molecular formula is C13H20NO+. The fourth-order valence-corrected chi connectivity index (χ4v) is 2.65. The Hall–Kier alpha value is -0.860. The van der Waals surface area contributed by atoms with E-state index in [4.69, 9.17) is 5.11 Å². The summed E-state index contributed by atoms with van der Waals surface area (Å²) in [6, 6.07) is 10.6. The van der Waals surface area contributed by atoms with E-state index in [1.54, 1.807) is 0 Å².